The van der Waals surface area contributed by atoms with Gasteiger partial charge in [-0.05, 0) is 59.9 Å². The zero-order valence-electron chi connectivity index (χ0n) is 34.6. The first-order valence-corrected chi connectivity index (χ1v) is 17.2. The number of alkyl halides is 3. The van der Waals surface area contributed by atoms with Crippen molar-refractivity contribution in [2.75, 3.05) is 33.3 Å². The number of halogens is 5. The van der Waals surface area contributed by atoms with Gasteiger partial charge in [0.05, 0.1) is 29.6 Å². The molecule has 0 spiro atoms. The van der Waals surface area contributed by atoms with Gasteiger partial charge < -0.3 is 19.1 Å². The Labute approximate surface area is 312 Å². The third-order valence-electron chi connectivity index (χ3n) is 8.93. The summed E-state index contributed by atoms with van der Waals surface area (Å²) in [5.41, 5.74) is -3.28. The van der Waals surface area contributed by atoms with E-state index < -0.39 is 65.6 Å². The fraction of sp³-hybridized carbons (Fsp3) is 0.300. The van der Waals surface area contributed by atoms with Gasteiger partial charge in [0.2, 0.25) is 5.91 Å². The third-order valence-corrected chi connectivity index (χ3v) is 9.76. The molecule has 12 heteroatoms. The molecule has 0 N–H and O–H groups in total. The second-order valence-corrected chi connectivity index (χ2v) is 13.1. The lowest BCUT2D eigenvalue weighted by atomic mass is 10.00. The first-order chi connectivity index (χ1) is 27.7. The van der Waals surface area contributed by atoms with Gasteiger partial charge in [-0.25, -0.2) is 8.78 Å². The van der Waals surface area contributed by atoms with Crippen molar-refractivity contribution in [3.05, 3.63) is 136 Å². The average Bonchev–Trinajstić information content (AvgIpc) is 3.17. The predicted octanol–water partition coefficient (Wildman–Crippen LogP) is 8.40. The molecule has 52 heavy (non-hydrogen) atoms. The second-order valence-electron chi connectivity index (χ2n) is 12.2. The summed E-state index contributed by atoms with van der Waals surface area (Å²) in [5.74, 6) is -3.83. The summed E-state index contributed by atoms with van der Waals surface area (Å²) in [7, 11) is -2.57. The molecule has 0 atom stereocenters. The van der Waals surface area contributed by atoms with Gasteiger partial charge in [0.15, 0.2) is 17.1 Å². The van der Waals surface area contributed by atoms with Crippen molar-refractivity contribution in [1.82, 2.24) is 14.4 Å². The summed E-state index contributed by atoms with van der Waals surface area (Å²) in [6.45, 7) is -2.12. The van der Waals surface area contributed by atoms with Gasteiger partial charge in [0, 0.05) is 64.7 Å². The second kappa shape index (κ2) is 16.4. The Morgan fingerprint density at radius 3 is 2.35 bits per heavy atom. The van der Waals surface area contributed by atoms with Gasteiger partial charge in [0.25, 0.3) is 0 Å². The summed E-state index contributed by atoms with van der Waals surface area (Å²) in [6, 6.07) is 20.5. The molecule has 1 fully saturated rings. The highest BCUT2D eigenvalue weighted by atomic mass is 32.2. The molecular weight excluding hydrogens is 698 g/mol. The molecule has 1 saturated heterocycles. The van der Waals surface area contributed by atoms with Crippen molar-refractivity contribution in [2.45, 2.75) is 48.8 Å². The van der Waals surface area contributed by atoms with Gasteiger partial charge >= 0.3 is 6.18 Å². The Balaban J connectivity index is 1.36. The van der Waals surface area contributed by atoms with Crippen molar-refractivity contribution in [1.29, 1.82) is 0 Å². The molecule has 6 rings (SSSR count). The minimum absolute atomic E-state index is 0.0176. The lowest BCUT2D eigenvalue weighted by molar-refractivity contribution is -0.137. The van der Waals surface area contributed by atoms with Crippen molar-refractivity contribution in [2.24, 2.45) is 0 Å². The molecule has 4 aromatic carbocycles. The highest BCUT2D eigenvalue weighted by Crippen LogP contribution is 2.32. The zero-order valence-corrected chi connectivity index (χ0v) is 28.4. The molecule has 0 aliphatic carbocycles. The SMILES string of the molecule is [2H]C([2H])([2H])OCCN1CCC(N(Cc2ccc(-c3ccc(C(F)(F)F)cc3)cc2)C(=O)C([2H])([2H])n2c(SC([2H])([2H])c3cccc(F)c3F)cc(=O)c3ccccc32)CC1. The van der Waals surface area contributed by atoms with Crippen LogP contribution in [0.5, 0.6) is 0 Å². The van der Waals surface area contributed by atoms with E-state index in [0.29, 0.717) is 49.2 Å². The van der Waals surface area contributed by atoms with Crippen molar-refractivity contribution in [3.63, 3.8) is 0 Å². The Morgan fingerprint density at radius 2 is 1.65 bits per heavy atom. The number of aromatic nitrogens is 1. The molecule has 0 radical (unpaired) electrons. The standard InChI is InChI=1S/C40H38F5N3O3S/c1-51-22-21-46-19-17-32(18-20-46)47(24-27-9-11-28(12-10-27)29-13-15-31(16-14-29)40(43,44)45)37(50)25-48-35-8-3-2-6-33(35)36(49)23-38(48)52-26-30-5-4-7-34(41)39(30)42/h2-16,23,32H,17-22,24-26H2,1H3/i1D3,25D2,26D2. The number of carbonyl (C=O) groups excluding carboxylic acids is 1. The van der Waals surface area contributed by atoms with Gasteiger partial charge in [-0.3, -0.25) is 9.59 Å². The van der Waals surface area contributed by atoms with E-state index in [9.17, 15) is 34.3 Å². The Hall–Kier alpha value is -4.52. The number of methoxy groups -OCH3 is 1. The summed E-state index contributed by atoms with van der Waals surface area (Å²) in [6.07, 6.45) is -3.82. The highest BCUT2D eigenvalue weighted by Gasteiger charge is 2.31. The van der Waals surface area contributed by atoms with Crippen molar-refractivity contribution < 1.29 is 41.1 Å². The van der Waals surface area contributed by atoms with Gasteiger partial charge in [0.1, 0.15) is 6.50 Å². The normalized spacial score (nSPS) is 17.0. The fourth-order valence-corrected chi connectivity index (χ4v) is 6.91. The van der Waals surface area contributed by atoms with Crippen LogP contribution < -0.4 is 5.43 Å². The quantitative estimate of drug-likeness (QED) is 0.0950. The number of hydrogen-bond donors (Lipinski definition) is 0. The number of para-hydroxylation sites is 1. The summed E-state index contributed by atoms with van der Waals surface area (Å²) >= 11 is 0.242. The predicted molar refractivity (Wildman–Crippen MR) is 193 cm³/mol. The van der Waals surface area contributed by atoms with Crippen LogP contribution in [0.4, 0.5) is 22.0 Å². The molecule has 1 aromatic heterocycles. The van der Waals surface area contributed by atoms with Crippen molar-refractivity contribution in [3.8, 4) is 11.1 Å². The molecule has 2 heterocycles. The van der Waals surface area contributed by atoms with Gasteiger partial charge in [-0.15, -0.1) is 11.8 Å². The van der Waals surface area contributed by atoms with E-state index in [-0.39, 0.29) is 40.8 Å². The number of ether oxygens (including phenoxy) is 1. The molecule has 0 bridgehead atoms. The van der Waals surface area contributed by atoms with Gasteiger partial charge in [-0.1, -0.05) is 60.7 Å². The van der Waals surface area contributed by atoms with E-state index in [0.717, 1.165) is 41.0 Å². The van der Waals surface area contributed by atoms with Crippen LogP contribution >= 0.6 is 11.8 Å². The van der Waals surface area contributed by atoms with E-state index in [1.807, 2.05) is 4.90 Å². The number of amides is 1. The number of pyridine rings is 1. The first kappa shape index (κ1) is 29.0. The zero-order chi connectivity index (χ0) is 42.9. The summed E-state index contributed by atoms with van der Waals surface area (Å²) in [5, 5.41) is -0.352. The van der Waals surface area contributed by atoms with E-state index in [2.05, 4.69) is 0 Å². The Morgan fingerprint density at radius 1 is 0.962 bits per heavy atom. The van der Waals surface area contributed by atoms with Crippen molar-refractivity contribution >= 4 is 28.6 Å². The highest BCUT2D eigenvalue weighted by molar-refractivity contribution is 7.98. The third kappa shape index (κ3) is 8.74. The van der Waals surface area contributed by atoms with Gasteiger partial charge in [-0.2, -0.15) is 13.2 Å². The average molecular weight is 743 g/mol. The van der Waals surface area contributed by atoms with E-state index >= 15 is 0 Å². The minimum atomic E-state index is -4.50. The van der Waals surface area contributed by atoms with Crippen LogP contribution in [0.15, 0.2) is 107 Å². The number of fused-ring (bicyclic) bond motifs is 1. The topological polar surface area (TPSA) is 54.8 Å². The number of likely N-dealkylation sites (tertiary alicyclic amines) is 1. The molecule has 1 aliphatic rings. The van der Waals surface area contributed by atoms with Crippen LogP contribution in [0.25, 0.3) is 22.0 Å². The number of nitrogens with zero attached hydrogens (tertiary/aromatic N) is 3. The number of carbonyl (C=O) groups is 1. The van der Waals surface area contributed by atoms with Crippen LogP contribution in [0.1, 0.15) is 39.1 Å². The van der Waals surface area contributed by atoms with E-state index in [1.165, 1.54) is 41.3 Å². The number of piperidine rings is 1. The molecule has 272 valence electrons. The Kier molecular flexibility index (Phi) is 9.16. The largest absolute Gasteiger partial charge is 0.416 e. The maximum atomic E-state index is 14.9. The van der Waals surface area contributed by atoms with Crippen LogP contribution in [0.3, 0.4) is 0 Å². The minimum Gasteiger partial charge on any atom is -0.383 e. The lowest BCUT2D eigenvalue weighted by Crippen LogP contribution is -2.48. The summed E-state index contributed by atoms with van der Waals surface area (Å²) in [4.78, 5) is 31.6. The first-order valence-electron chi connectivity index (χ1n) is 19.9. The number of rotatable bonds is 12. The van der Waals surface area contributed by atoms with Crippen LogP contribution in [-0.4, -0.2) is 59.6 Å². The van der Waals surface area contributed by atoms with E-state index in [1.54, 1.807) is 24.3 Å². The number of hydrogen-bond acceptors (Lipinski definition) is 5. The smallest absolute Gasteiger partial charge is 0.383 e. The molecule has 1 aliphatic heterocycles. The maximum absolute atomic E-state index is 14.9. The summed E-state index contributed by atoms with van der Waals surface area (Å²) < 4.78 is 133. The molecule has 0 saturated carbocycles. The monoisotopic (exact) mass is 742 g/mol. The van der Waals surface area contributed by atoms with Crippen LogP contribution in [0, 0.1) is 11.6 Å². The molecule has 6 nitrogen and oxygen atoms in total. The molecule has 5 aromatic rings. The molecular formula is C40H38F5N3O3S. The molecule has 1 amide bonds. The molecule has 0 unspecified atom stereocenters. The fourth-order valence-electron chi connectivity index (χ4n) is 6.14. The van der Waals surface area contributed by atoms with Crippen LogP contribution in [-0.2, 0) is 34.5 Å². The number of benzene rings is 4. The van der Waals surface area contributed by atoms with E-state index in [4.69, 9.17) is 11.6 Å². The number of thioether (sulfide) groups is 1. The lowest BCUT2D eigenvalue weighted by Gasteiger charge is -2.39. The van der Waals surface area contributed by atoms with Crippen LogP contribution in [0.2, 0.25) is 0 Å². The Bertz CT molecular complexity index is 2350. The maximum Gasteiger partial charge on any atom is 0.416 e.